The van der Waals surface area contributed by atoms with Gasteiger partial charge in [0.2, 0.25) is 0 Å². The van der Waals surface area contributed by atoms with Crippen molar-refractivity contribution in [3.8, 4) is 22.9 Å². The molecule has 0 unspecified atom stereocenters. The van der Waals surface area contributed by atoms with Crippen LogP contribution in [-0.4, -0.2) is 31.3 Å². The molecule has 5 aromatic rings. The van der Waals surface area contributed by atoms with E-state index in [1.54, 1.807) is 18.2 Å². The number of H-pyrrole nitrogens is 2. The number of benzene rings is 3. The summed E-state index contributed by atoms with van der Waals surface area (Å²) in [5.74, 6) is -3.35. The Balaban J connectivity index is 1.33. The van der Waals surface area contributed by atoms with Gasteiger partial charge in [-0.05, 0) is 48.2 Å². The largest absolute Gasteiger partial charge is 0.451 e. The van der Waals surface area contributed by atoms with E-state index in [0.29, 0.717) is 29.7 Å². The molecule has 2 aromatic heterocycles. The molecule has 0 saturated carbocycles. The smallest absolute Gasteiger partial charge is 0.327 e. The summed E-state index contributed by atoms with van der Waals surface area (Å²) in [4.78, 5) is 27.5. The number of imidazole rings is 1. The Labute approximate surface area is 221 Å². The molecular weight excluding hydrogens is 537 g/mol. The maximum Gasteiger partial charge on any atom is 0.327 e. The number of hydrogen-bond acceptors (Lipinski definition) is 5. The number of ether oxygens (including phenoxy) is 1. The highest BCUT2D eigenvalue weighted by molar-refractivity contribution is 7.39. The van der Waals surface area contributed by atoms with Crippen LogP contribution in [0, 0.1) is 23.3 Å². The summed E-state index contributed by atoms with van der Waals surface area (Å²) in [6, 6.07) is 11.1. The molecule has 0 aliphatic carbocycles. The molecule has 2 heterocycles. The normalized spacial score (nSPS) is 11.6. The molecule has 5 rings (SSSR count). The van der Waals surface area contributed by atoms with Crippen LogP contribution in [0.15, 0.2) is 60.9 Å². The molecule has 39 heavy (non-hydrogen) atoms. The Kier molecular flexibility index (Phi) is 7.94. The standard InChI is InChI=1S/C27H22F4N3O4P/c28-21-7-6-18(38-26-22(29)13-23-19(25(26)31)8-9-32-23)12-20(21)27-33-14-17(34-27)11-16-4-1-3-15(24(16)30)5-2-10-37-39(35)36/h1,3-4,6-9,12-14,32,35-36H,2,5,10-11H2,(H,33,34). The van der Waals surface area contributed by atoms with E-state index >= 15 is 4.39 Å². The van der Waals surface area contributed by atoms with Crippen molar-refractivity contribution in [1.29, 1.82) is 0 Å². The third-order valence-corrected chi connectivity index (χ3v) is 6.49. The fourth-order valence-corrected chi connectivity index (χ4v) is 4.53. The molecule has 7 nitrogen and oxygen atoms in total. The Morgan fingerprint density at radius 2 is 1.74 bits per heavy atom. The molecule has 0 spiro atoms. The van der Waals surface area contributed by atoms with Gasteiger partial charge >= 0.3 is 8.60 Å². The van der Waals surface area contributed by atoms with Crippen molar-refractivity contribution < 1.29 is 36.6 Å². The van der Waals surface area contributed by atoms with Crippen LogP contribution in [0.4, 0.5) is 17.6 Å². The Morgan fingerprint density at radius 3 is 2.56 bits per heavy atom. The molecule has 12 heteroatoms. The molecule has 0 atom stereocenters. The predicted molar refractivity (Wildman–Crippen MR) is 137 cm³/mol. The van der Waals surface area contributed by atoms with Crippen molar-refractivity contribution in [2.75, 3.05) is 6.61 Å². The second-order valence-electron chi connectivity index (χ2n) is 8.70. The lowest BCUT2D eigenvalue weighted by atomic mass is 10.0. The van der Waals surface area contributed by atoms with E-state index in [1.807, 2.05) is 0 Å². The van der Waals surface area contributed by atoms with Gasteiger partial charge in [-0.2, -0.15) is 0 Å². The van der Waals surface area contributed by atoms with Gasteiger partial charge in [0.1, 0.15) is 23.2 Å². The van der Waals surface area contributed by atoms with Crippen LogP contribution >= 0.6 is 8.60 Å². The van der Waals surface area contributed by atoms with Gasteiger partial charge in [0.15, 0.2) is 17.4 Å². The first-order chi connectivity index (χ1) is 18.8. The third kappa shape index (κ3) is 5.97. The topological polar surface area (TPSA) is 103 Å². The van der Waals surface area contributed by atoms with E-state index in [1.165, 1.54) is 30.6 Å². The van der Waals surface area contributed by atoms with Crippen LogP contribution in [0.5, 0.6) is 11.5 Å². The highest BCUT2D eigenvalue weighted by Gasteiger charge is 2.19. The van der Waals surface area contributed by atoms with Crippen molar-refractivity contribution in [2.24, 2.45) is 0 Å². The van der Waals surface area contributed by atoms with Crippen molar-refractivity contribution in [3.63, 3.8) is 0 Å². The monoisotopic (exact) mass is 559 g/mol. The zero-order valence-corrected chi connectivity index (χ0v) is 21.1. The number of nitrogens with zero attached hydrogens (tertiary/aromatic N) is 1. The molecule has 0 radical (unpaired) electrons. The van der Waals surface area contributed by atoms with Crippen LogP contribution in [-0.2, 0) is 17.4 Å². The number of aromatic nitrogens is 3. The number of hydrogen-bond donors (Lipinski definition) is 4. The molecule has 202 valence electrons. The van der Waals surface area contributed by atoms with E-state index in [-0.39, 0.29) is 41.1 Å². The molecule has 0 amide bonds. The van der Waals surface area contributed by atoms with E-state index in [2.05, 4.69) is 15.0 Å². The minimum absolute atomic E-state index is 0.00393. The van der Waals surface area contributed by atoms with Crippen LogP contribution in [0.2, 0.25) is 0 Å². The number of aryl methyl sites for hydroxylation is 1. The molecular formula is C27H22F4N3O4P. The lowest BCUT2D eigenvalue weighted by Crippen LogP contribution is -2.00. The predicted octanol–water partition coefficient (Wildman–Crippen LogP) is 6.66. The second-order valence-corrected chi connectivity index (χ2v) is 9.46. The number of nitrogens with one attached hydrogen (secondary N) is 2. The average Bonchev–Trinajstić information content (AvgIpc) is 3.57. The van der Waals surface area contributed by atoms with Crippen LogP contribution in [0.1, 0.15) is 23.2 Å². The quantitative estimate of drug-likeness (QED) is 0.0871. The second kappa shape index (κ2) is 11.5. The molecule has 0 fully saturated rings. The van der Waals surface area contributed by atoms with Gasteiger partial charge in [-0.25, -0.2) is 22.5 Å². The summed E-state index contributed by atoms with van der Waals surface area (Å²) >= 11 is 0. The van der Waals surface area contributed by atoms with Gasteiger partial charge in [-0.1, -0.05) is 18.2 Å². The third-order valence-electron chi connectivity index (χ3n) is 6.08. The van der Waals surface area contributed by atoms with E-state index in [4.69, 9.17) is 19.0 Å². The van der Waals surface area contributed by atoms with Crippen LogP contribution < -0.4 is 4.74 Å². The van der Waals surface area contributed by atoms with E-state index in [9.17, 15) is 13.2 Å². The molecule has 4 N–H and O–H groups in total. The number of rotatable bonds is 10. The summed E-state index contributed by atoms with van der Waals surface area (Å²) in [6.45, 7) is 0.0840. The van der Waals surface area contributed by atoms with Gasteiger partial charge < -0.3 is 29.0 Å². The molecule has 0 aliphatic rings. The van der Waals surface area contributed by atoms with Crippen molar-refractivity contribution in [3.05, 3.63) is 101 Å². The summed E-state index contributed by atoms with van der Waals surface area (Å²) in [7, 11) is -2.44. The van der Waals surface area contributed by atoms with Crippen LogP contribution in [0.25, 0.3) is 22.3 Å². The van der Waals surface area contributed by atoms with Gasteiger partial charge in [0.05, 0.1) is 17.7 Å². The number of halogens is 4. The number of aromatic amines is 2. The fraction of sp³-hybridized carbons (Fsp3) is 0.148. The van der Waals surface area contributed by atoms with Gasteiger partial charge in [-0.15, -0.1) is 0 Å². The van der Waals surface area contributed by atoms with E-state index < -0.39 is 37.6 Å². The van der Waals surface area contributed by atoms with Crippen LogP contribution in [0.3, 0.4) is 0 Å². The summed E-state index contributed by atoms with van der Waals surface area (Å²) in [6.07, 6.45) is 3.82. The highest BCUT2D eigenvalue weighted by atomic mass is 31.2. The maximum atomic E-state index is 15.0. The zero-order valence-electron chi connectivity index (χ0n) is 20.2. The Hall–Kier alpha value is -3.76. The summed E-state index contributed by atoms with van der Waals surface area (Å²) < 4.78 is 69.2. The average molecular weight is 559 g/mol. The molecule has 0 bridgehead atoms. The Morgan fingerprint density at radius 1 is 0.923 bits per heavy atom. The van der Waals surface area contributed by atoms with Crippen molar-refractivity contribution in [2.45, 2.75) is 19.3 Å². The first-order valence-corrected chi connectivity index (χ1v) is 13.0. The highest BCUT2D eigenvalue weighted by Crippen LogP contribution is 2.35. The summed E-state index contributed by atoms with van der Waals surface area (Å²) in [5, 5.41) is 0.152. The molecule has 0 aliphatic heterocycles. The van der Waals surface area contributed by atoms with Gasteiger partial charge in [0.25, 0.3) is 0 Å². The zero-order chi connectivity index (χ0) is 27.5. The lowest BCUT2D eigenvalue weighted by Gasteiger charge is -2.10. The van der Waals surface area contributed by atoms with Crippen molar-refractivity contribution >= 4 is 19.5 Å². The summed E-state index contributed by atoms with van der Waals surface area (Å²) in [5.41, 5.74) is 1.63. The molecule has 3 aromatic carbocycles. The maximum absolute atomic E-state index is 15.0. The minimum atomic E-state index is -2.44. The number of fused-ring (bicyclic) bond motifs is 1. The van der Waals surface area contributed by atoms with E-state index in [0.717, 1.165) is 12.1 Å². The SMILES string of the molecule is OP(O)OCCCc1cccc(Cc2cnc(-c3cc(Oc4c(F)cc5[nH]ccc5c4F)ccc3F)[nH]2)c1F. The lowest BCUT2D eigenvalue weighted by molar-refractivity contribution is 0.251. The minimum Gasteiger partial charge on any atom is -0.451 e. The fourth-order valence-electron chi connectivity index (χ4n) is 4.24. The van der Waals surface area contributed by atoms with Gasteiger partial charge in [0, 0.05) is 36.0 Å². The van der Waals surface area contributed by atoms with Gasteiger partial charge in [-0.3, -0.25) is 0 Å². The van der Waals surface area contributed by atoms with Crippen molar-refractivity contribution in [1.82, 2.24) is 15.0 Å². The molecule has 0 saturated heterocycles. The first kappa shape index (κ1) is 26.8. The first-order valence-electron chi connectivity index (χ1n) is 11.8. The Bertz CT molecular complexity index is 1620.